The lowest BCUT2D eigenvalue weighted by molar-refractivity contribution is 0.279. The Balaban J connectivity index is 1.60. The first-order valence-electron chi connectivity index (χ1n) is 8.15. The third-order valence-electron chi connectivity index (χ3n) is 4.29. The molecular formula is C18H18N3O3. The monoisotopic (exact) mass is 324 g/mol. The van der Waals surface area contributed by atoms with E-state index in [0.717, 1.165) is 17.9 Å². The molecule has 4 rings (SSSR count). The van der Waals surface area contributed by atoms with Crippen LogP contribution in [-0.4, -0.2) is 21.6 Å². The van der Waals surface area contributed by atoms with Crippen molar-refractivity contribution in [2.24, 2.45) is 5.92 Å². The molecule has 0 spiro atoms. The second-order valence-electron chi connectivity index (χ2n) is 6.38. The molecule has 0 bridgehead atoms. The van der Waals surface area contributed by atoms with Crippen LogP contribution in [0.25, 0.3) is 22.7 Å². The molecule has 3 aromatic rings. The van der Waals surface area contributed by atoms with Gasteiger partial charge in [0, 0.05) is 5.56 Å². The molecule has 1 saturated carbocycles. The Labute approximate surface area is 139 Å². The highest BCUT2D eigenvalue weighted by molar-refractivity contribution is 5.72. The fourth-order valence-electron chi connectivity index (χ4n) is 2.71. The van der Waals surface area contributed by atoms with Gasteiger partial charge in [0.05, 0.1) is 12.8 Å². The number of aryl methyl sites for hydroxylation is 2. The maximum atomic E-state index is 11.8. The molecular weight excluding hydrogens is 306 g/mol. The smallest absolute Gasteiger partial charge is 0.319 e. The van der Waals surface area contributed by atoms with Gasteiger partial charge in [-0.25, -0.2) is 9.97 Å². The van der Waals surface area contributed by atoms with E-state index in [-0.39, 0.29) is 5.75 Å². The van der Waals surface area contributed by atoms with Gasteiger partial charge < -0.3 is 9.15 Å². The Morgan fingerprint density at radius 3 is 2.67 bits per heavy atom. The fourth-order valence-corrected chi connectivity index (χ4v) is 2.71. The number of oxazole rings is 1. The minimum Gasteiger partial charge on any atom is -0.463 e. The third kappa shape index (κ3) is 2.91. The van der Waals surface area contributed by atoms with Crippen LogP contribution in [-0.2, 0) is 5.11 Å². The van der Waals surface area contributed by atoms with Crippen molar-refractivity contribution in [1.82, 2.24) is 15.0 Å². The van der Waals surface area contributed by atoms with Crippen LogP contribution in [0.5, 0.6) is 11.8 Å². The summed E-state index contributed by atoms with van der Waals surface area (Å²) in [5.74, 6) is 1.28. The summed E-state index contributed by atoms with van der Waals surface area (Å²) >= 11 is 0. The summed E-state index contributed by atoms with van der Waals surface area (Å²) in [7, 11) is 0. The van der Waals surface area contributed by atoms with Crippen LogP contribution in [0.3, 0.4) is 0 Å². The van der Waals surface area contributed by atoms with Gasteiger partial charge in [0.1, 0.15) is 5.52 Å². The molecule has 1 aliphatic rings. The zero-order chi connectivity index (χ0) is 16.7. The molecule has 0 atom stereocenters. The van der Waals surface area contributed by atoms with E-state index in [0.29, 0.717) is 40.9 Å². The first-order chi connectivity index (χ1) is 11.6. The molecule has 6 nitrogen and oxygen atoms in total. The van der Waals surface area contributed by atoms with Gasteiger partial charge in [-0.05, 0) is 49.4 Å². The quantitative estimate of drug-likeness (QED) is 0.701. The lowest BCUT2D eigenvalue weighted by Gasteiger charge is -2.02. The van der Waals surface area contributed by atoms with Crippen molar-refractivity contribution in [1.29, 1.82) is 0 Å². The summed E-state index contributed by atoms with van der Waals surface area (Å²) in [6, 6.07) is 3.87. The molecule has 0 saturated heterocycles. The Morgan fingerprint density at radius 1 is 1.21 bits per heavy atom. The average molecular weight is 324 g/mol. The molecule has 2 heterocycles. The standard InChI is InChI=1S/C18H18N3O3/c1-10-7-13(8-11(2)15(10)22)16-20-14-9-19-18(21-17(14)24-16)23-6-5-12-3-4-12/h7-9,12H,3-6H2,1-2H3. The lowest BCUT2D eigenvalue weighted by atomic mass is 10.1. The van der Waals surface area contributed by atoms with E-state index in [1.54, 1.807) is 32.2 Å². The second-order valence-corrected chi connectivity index (χ2v) is 6.38. The van der Waals surface area contributed by atoms with Crippen LogP contribution in [0.15, 0.2) is 22.7 Å². The van der Waals surface area contributed by atoms with Crippen LogP contribution in [0.2, 0.25) is 0 Å². The number of hydrogen-bond acceptors (Lipinski definition) is 5. The molecule has 24 heavy (non-hydrogen) atoms. The van der Waals surface area contributed by atoms with Crippen LogP contribution in [0.1, 0.15) is 30.4 Å². The minimum atomic E-state index is 0.0426. The van der Waals surface area contributed by atoms with Gasteiger partial charge in [-0.2, -0.15) is 4.98 Å². The van der Waals surface area contributed by atoms with Crippen LogP contribution < -0.4 is 4.74 Å². The summed E-state index contributed by atoms with van der Waals surface area (Å²) in [6.45, 7) is 4.20. The van der Waals surface area contributed by atoms with Crippen LogP contribution >= 0.6 is 0 Å². The Bertz CT molecular complexity index is 877. The number of hydrogen-bond donors (Lipinski definition) is 0. The van der Waals surface area contributed by atoms with Crippen molar-refractivity contribution < 1.29 is 14.3 Å². The fraction of sp³-hybridized carbons (Fsp3) is 0.389. The van der Waals surface area contributed by atoms with E-state index >= 15 is 0 Å². The summed E-state index contributed by atoms with van der Waals surface area (Å²) in [5.41, 5.74) is 3.06. The number of nitrogens with zero attached hydrogens (tertiary/aromatic N) is 3. The lowest BCUT2D eigenvalue weighted by Crippen LogP contribution is -2.01. The molecule has 1 fully saturated rings. The minimum absolute atomic E-state index is 0.0426. The van der Waals surface area contributed by atoms with Crippen LogP contribution in [0.4, 0.5) is 0 Å². The molecule has 1 aromatic carbocycles. The predicted molar refractivity (Wildman–Crippen MR) is 87.5 cm³/mol. The van der Waals surface area contributed by atoms with Gasteiger partial charge >= 0.3 is 6.01 Å². The van der Waals surface area contributed by atoms with E-state index < -0.39 is 0 Å². The number of fused-ring (bicyclic) bond motifs is 1. The number of aromatic nitrogens is 3. The van der Waals surface area contributed by atoms with E-state index in [9.17, 15) is 5.11 Å². The molecule has 2 aromatic heterocycles. The topological polar surface area (TPSA) is 80.9 Å². The van der Waals surface area contributed by atoms with Crippen molar-refractivity contribution in [2.45, 2.75) is 33.1 Å². The van der Waals surface area contributed by atoms with Gasteiger partial charge in [-0.3, -0.25) is 5.11 Å². The van der Waals surface area contributed by atoms with Gasteiger partial charge in [-0.15, -0.1) is 0 Å². The molecule has 1 aliphatic carbocycles. The Kier molecular flexibility index (Phi) is 3.59. The van der Waals surface area contributed by atoms with Gasteiger partial charge in [0.25, 0.3) is 5.71 Å². The molecule has 0 amide bonds. The highest BCUT2D eigenvalue weighted by atomic mass is 16.5. The van der Waals surface area contributed by atoms with Crippen molar-refractivity contribution in [3.05, 3.63) is 29.5 Å². The van der Waals surface area contributed by atoms with E-state index in [1.165, 1.54) is 12.8 Å². The molecule has 0 unspecified atom stereocenters. The van der Waals surface area contributed by atoms with Gasteiger partial charge in [-0.1, -0.05) is 12.8 Å². The Morgan fingerprint density at radius 2 is 1.96 bits per heavy atom. The number of ether oxygens (including phenoxy) is 1. The normalized spacial score (nSPS) is 14.2. The van der Waals surface area contributed by atoms with Crippen LogP contribution in [0, 0.1) is 19.8 Å². The largest absolute Gasteiger partial charge is 0.463 e. The third-order valence-corrected chi connectivity index (χ3v) is 4.29. The molecule has 6 heteroatoms. The molecule has 1 radical (unpaired) electrons. The maximum absolute atomic E-state index is 11.8. The van der Waals surface area contributed by atoms with Gasteiger partial charge in [0.15, 0.2) is 5.75 Å². The zero-order valence-electron chi connectivity index (χ0n) is 13.7. The van der Waals surface area contributed by atoms with Gasteiger partial charge in [0.2, 0.25) is 5.89 Å². The first kappa shape index (κ1) is 14.9. The predicted octanol–water partition coefficient (Wildman–Crippen LogP) is 4.22. The summed E-state index contributed by atoms with van der Waals surface area (Å²) < 4.78 is 11.3. The maximum Gasteiger partial charge on any atom is 0.319 e. The SMILES string of the molecule is Cc1cc(-c2nc3cnc(OCCC4CC4)nc3o2)cc(C)c1[O]. The number of rotatable bonds is 5. The summed E-state index contributed by atoms with van der Waals surface area (Å²) in [4.78, 5) is 12.9. The zero-order valence-corrected chi connectivity index (χ0v) is 13.7. The van der Waals surface area contributed by atoms with E-state index in [1.807, 2.05) is 0 Å². The number of benzene rings is 1. The van der Waals surface area contributed by atoms with Crippen molar-refractivity contribution in [2.75, 3.05) is 6.61 Å². The first-order valence-corrected chi connectivity index (χ1v) is 8.15. The van der Waals surface area contributed by atoms with Crippen molar-refractivity contribution in [3.63, 3.8) is 0 Å². The Hall–Kier alpha value is -2.63. The van der Waals surface area contributed by atoms with E-state index in [4.69, 9.17) is 9.15 Å². The highest BCUT2D eigenvalue weighted by Gasteiger charge is 2.21. The molecule has 0 aliphatic heterocycles. The van der Waals surface area contributed by atoms with E-state index in [2.05, 4.69) is 15.0 Å². The summed E-state index contributed by atoms with van der Waals surface area (Å²) in [6.07, 6.45) is 5.25. The molecule has 123 valence electrons. The van der Waals surface area contributed by atoms with Crippen molar-refractivity contribution >= 4 is 11.2 Å². The average Bonchev–Trinajstić information content (AvgIpc) is 3.28. The summed E-state index contributed by atoms with van der Waals surface area (Å²) in [5, 5.41) is 11.8. The second kappa shape index (κ2) is 5.78. The molecule has 0 N–H and O–H groups in total. The highest BCUT2D eigenvalue weighted by Crippen LogP contribution is 2.32. The van der Waals surface area contributed by atoms with Crippen molar-refractivity contribution in [3.8, 4) is 23.2 Å².